The number of halogens is 1. The van der Waals surface area contributed by atoms with Crippen LogP contribution in [-0.4, -0.2) is 42.7 Å². The zero-order valence-electron chi connectivity index (χ0n) is 12.5. The maximum atomic E-state index is 5.75. The summed E-state index contributed by atoms with van der Waals surface area (Å²) in [7, 11) is 4.06. The van der Waals surface area contributed by atoms with Gasteiger partial charge >= 0.3 is 0 Å². The van der Waals surface area contributed by atoms with E-state index in [2.05, 4.69) is 58.0 Å². The Kier molecular flexibility index (Phi) is 6.23. The molecule has 0 saturated heterocycles. The number of rotatable bonds is 6. The highest BCUT2D eigenvalue weighted by atomic mass is 79.9. The first-order valence-corrected chi connectivity index (χ1v) is 7.24. The monoisotopic (exact) mass is 329 g/mol. The van der Waals surface area contributed by atoms with E-state index in [1.165, 1.54) is 0 Å². The minimum Gasteiger partial charge on any atom is -0.476 e. The molecule has 0 aliphatic heterocycles. The molecule has 0 atom stereocenters. The second kappa shape index (κ2) is 7.22. The highest BCUT2D eigenvalue weighted by Crippen LogP contribution is 2.20. The summed E-state index contributed by atoms with van der Waals surface area (Å²) in [6, 6.07) is 2.05. The van der Waals surface area contributed by atoms with Crippen LogP contribution in [0, 0.1) is 0 Å². The lowest BCUT2D eigenvalue weighted by Crippen LogP contribution is -2.35. The molecule has 0 fully saturated rings. The molecule has 0 amide bonds. The predicted molar refractivity (Wildman–Crippen MR) is 82.6 cm³/mol. The molecule has 0 spiro atoms. The van der Waals surface area contributed by atoms with E-state index in [9.17, 15) is 0 Å². The molecular formula is C14H24BrN3O. The average molecular weight is 330 g/mol. The van der Waals surface area contributed by atoms with Gasteiger partial charge in [-0.15, -0.1) is 0 Å². The first-order valence-electron chi connectivity index (χ1n) is 6.45. The SMILES string of the molecule is CN(C)CCOc1ncc(Br)cc1CNC(C)(C)C. The number of ether oxygens (including phenoxy) is 1. The van der Waals surface area contributed by atoms with Crippen molar-refractivity contribution < 1.29 is 4.74 Å². The Labute approximate surface area is 124 Å². The minimum atomic E-state index is 0.0726. The van der Waals surface area contributed by atoms with Crippen LogP contribution in [0.3, 0.4) is 0 Å². The van der Waals surface area contributed by atoms with Crippen molar-refractivity contribution in [3.63, 3.8) is 0 Å². The van der Waals surface area contributed by atoms with Crippen LogP contribution < -0.4 is 10.1 Å². The fourth-order valence-electron chi connectivity index (χ4n) is 1.41. The fourth-order valence-corrected chi connectivity index (χ4v) is 1.79. The molecule has 108 valence electrons. The van der Waals surface area contributed by atoms with Crippen LogP contribution in [0.15, 0.2) is 16.7 Å². The number of pyridine rings is 1. The van der Waals surface area contributed by atoms with Crippen LogP contribution in [0.4, 0.5) is 0 Å². The quantitative estimate of drug-likeness (QED) is 0.870. The van der Waals surface area contributed by atoms with Gasteiger partial charge in [-0.05, 0) is 56.9 Å². The van der Waals surface area contributed by atoms with Crippen LogP contribution >= 0.6 is 15.9 Å². The Balaban J connectivity index is 2.68. The molecule has 1 aromatic rings. The minimum absolute atomic E-state index is 0.0726. The molecule has 0 aliphatic carbocycles. The van der Waals surface area contributed by atoms with Gasteiger partial charge in [0.1, 0.15) is 6.61 Å². The number of likely N-dealkylation sites (N-methyl/N-ethyl adjacent to an activating group) is 1. The molecule has 1 rings (SSSR count). The standard InChI is InChI=1S/C14H24BrN3O/c1-14(2,3)17-9-11-8-12(15)10-16-13(11)19-7-6-18(4)5/h8,10,17H,6-7,9H2,1-5H3. The molecule has 0 aliphatic rings. The lowest BCUT2D eigenvalue weighted by molar-refractivity contribution is 0.250. The van der Waals surface area contributed by atoms with E-state index in [-0.39, 0.29) is 5.54 Å². The molecule has 0 radical (unpaired) electrons. The summed E-state index contributed by atoms with van der Waals surface area (Å²) in [4.78, 5) is 6.44. The van der Waals surface area contributed by atoms with Crippen LogP contribution in [0.25, 0.3) is 0 Å². The van der Waals surface area contributed by atoms with Gasteiger partial charge in [0.2, 0.25) is 5.88 Å². The van der Waals surface area contributed by atoms with Gasteiger partial charge in [0.25, 0.3) is 0 Å². The van der Waals surface area contributed by atoms with Crippen LogP contribution in [-0.2, 0) is 6.54 Å². The predicted octanol–water partition coefficient (Wildman–Crippen LogP) is 2.67. The lowest BCUT2D eigenvalue weighted by Gasteiger charge is -2.21. The van der Waals surface area contributed by atoms with Gasteiger partial charge in [-0.1, -0.05) is 0 Å². The first kappa shape index (κ1) is 16.4. The molecule has 5 heteroatoms. The highest BCUT2D eigenvalue weighted by Gasteiger charge is 2.12. The van der Waals surface area contributed by atoms with Gasteiger partial charge in [-0.3, -0.25) is 0 Å². The zero-order valence-corrected chi connectivity index (χ0v) is 14.0. The Bertz CT molecular complexity index is 402. The van der Waals surface area contributed by atoms with Crippen molar-refractivity contribution in [2.75, 3.05) is 27.2 Å². The molecule has 0 unspecified atom stereocenters. The van der Waals surface area contributed by atoms with E-state index in [0.29, 0.717) is 12.5 Å². The van der Waals surface area contributed by atoms with Gasteiger partial charge in [0.15, 0.2) is 0 Å². The lowest BCUT2D eigenvalue weighted by atomic mass is 10.1. The largest absolute Gasteiger partial charge is 0.476 e. The van der Waals surface area contributed by atoms with Gasteiger partial charge < -0.3 is 15.0 Å². The third kappa shape index (κ3) is 6.89. The maximum absolute atomic E-state index is 5.75. The molecule has 0 bridgehead atoms. The average Bonchev–Trinajstić information content (AvgIpc) is 2.27. The first-order chi connectivity index (χ1) is 8.78. The molecular weight excluding hydrogens is 306 g/mol. The van der Waals surface area contributed by atoms with E-state index in [1.807, 2.05) is 14.1 Å². The van der Waals surface area contributed by atoms with Crippen LogP contribution in [0.1, 0.15) is 26.3 Å². The van der Waals surface area contributed by atoms with Crippen LogP contribution in [0.5, 0.6) is 5.88 Å². The molecule has 0 aromatic carbocycles. The van der Waals surface area contributed by atoms with Gasteiger partial charge in [0, 0.05) is 34.9 Å². The third-order valence-corrected chi connectivity index (χ3v) is 2.91. The van der Waals surface area contributed by atoms with E-state index >= 15 is 0 Å². The fraction of sp³-hybridized carbons (Fsp3) is 0.643. The molecule has 1 N–H and O–H groups in total. The van der Waals surface area contributed by atoms with Crippen molar-refractivity contribution in [1.82, 2.24) is 15.2 Å². The topological polar surface area (TPSA) is 37.4 Å². The third-order valence-electron chi connectivity index (χ3n) is 2.48. The van der Waals surface area contributed by atoms with Gasteiger partial charge in [-0.25, -0.2) is 4.98 Å². The van der Waals surface area contributed by atoms with Crippen LogP contribution in [0.2, 0.25) is 0 Å². The Morgan fingerprint density at radius 1 is 1.37 bits per heavy atom. The van der Waals surface area contributed by atoms with Gasteiger partial charge in [0.05, 0.1) is 0 Å². The Hall–Kier alpha value is -0.650. The van der Waals surface area contributed by atoms with Gasteiger partial charge in [-0.2, -0.15) is 0 Å². The number of nitrogens with one attached hydrogen (secondary N) is 1. The van der Waals surface area contributed by atoms with Crippen molar-refractivity contribution in [2.45, 2.75) is 32.9 Å². The molecule has 1 heterocycles. The maximum Gasteiger partial charge on any atom is 0.217 e. The van der Waals surface area contributed by atoms with Crippen molar-refractivity contribution in [3.05, 3.63) is 22.3 Å². The van der Waals surface area contributed by atoms with E-state index < -0.39 is 0 Å². The van der Waals surface area contributed by atoms with Crippen molar-refractivity contribution in [2.24, 2.45) is 0 Å². The van der Waals surface area contributed by atoms with E-state index in [1.54, 1.807) is 6.20 Å². The summed E-state index contributed by atoms with van der Waals surface area (Å²) in [6.45, 7) is 8.70. The van der Waals surface area contributed by atoms with Crippen molar-refractivity contribution >= 4 is 15.9 Å². The smallest absolute Gasteiger partial charge is 0.217 e. The molecule has 4 nitrogen and oxygen atoms in total. The number of nitrogens with zero attached hydrogens (tertiary/aromatic N) is 2. The normalized spacial score (nSPS) is 11.9. The second-order valence-corrected chi connectivity index (χ2v) is 6.79. The zero-order chi connectivity index (χ0) is 14.5. The molecule has 1 aromatic heterocycles. The number of hydrogen-bond acceptors (Lipinski definition) is 4. The summed E-state index contributed by atoms with van der Waals surface area (Å²) >= 11 is 3.45. The highest BCUT2D eigenvalue weighted by molar-refractivity contribution is 9.10. The summed E-state index contributed by atoms with van der Waals surface area (Å²) in [5, 5.41) is 3.45. The molecule has 19 heavy (non-hydrogen) atoms. The summed E-state index contributed by atoms with van der Waals surface area (Å²) in [6.07, 6.45) is 1.77. The summed E-state index contributed by atoms with van der Waals surface area (Å²) in [5.41, 5.74) is 1.14. The second-order valence-electron chi connectivity index (χ2n) is 5.87. The Morgan fingerprint density at radius 3 is 2.63 bits per heavy atom. The molecule has 0 saturated carbocycles. The van der Waals surface area contributed by atoms with Crippen molar-refractivity contribution in [1.29, 1.82) is 0 Å². The van der Waals surface area contributed by atoms with E-state index in [4.69, 9.17) is 4.74 Å². The van der Waals surface area contributed by atoms with Crippen molar-refractivity contribution in [3.8, 4) is 5.88 Å². The number of hydrogen-bond donors (Lipinski definition) is 1. The summed E-state index contributed by atoms with van der Waals surface area (Å²) < 4.78 is 6.73. The summed E-state index contributed by atoms with van der Waals surface area (Å²) in [5.74, 6) is 0.710. The Morgan fingerprint density at radius 2 is 2.05 bits per heavy atom. The number of aromatic nitrogens is 1. The van der Waals surface area contributed by atoms with E-state index in [0.717, 1.165) is 23.1 Å².